The van der Waals surface area contributed by atoms with Crippen molar-refractivity contribution in [3.05, 3.63) is 58.6 Å². The van der Waals surface area contributed by atoms with E-state index < -0.39 is 0 Å². The zero-order valence-electron chi connectivity index (χ0n) is 17.8. The number of ether oxygens (including phenoxy) is 1. The minimum atomic E-state index is -0.235. The average molecular weight is 425 g/mol. The monoisotopic (exact) mass is 424 g/mol. The van der Waals surface area contributed by atoms with E-state index in [4.69, 9.17) is 4.74 Å². The Morgan fingerprint density at radius 2 is 2.00 bits per heavy atom. The number of carbonyl (C=O) groups excluding carboxylic acids is 2. The molecule has 0 saturated carbocycles. The van der Waals surface area contributed by atoms with Crippen LogP contribution in [0.1, 0.15) is 53.7 Å². The summed E-state index contributed by atoms with van der Waals surface area (Å²) in [6.45, 7) is 7.52. The topological polar surface area (TPSA) is 51.5 Å². The highest BCUT2D eigenvalue weighted by atomic mass is 32.1. The number of benzene rings is 1. The number of amides is 1. The molecule has 3 heterocycles. The lowest BCUT2D eigenvalue weighted by Crippen LogP contribution is -2.43. The molecule has 1 amide bonds. The normalized spacial score (nSPS) is 17.8. The van der Waals surface area contributed by atoms with Crippen molar-refractivity contribution in [1.82, 2.24) is 9.47 Å². The van der Waals surface area contributed by atoms with E-state index in [9.17, 15) is 9.59 Å². The summed E-state index contributed by atoms with van der Waals surface area (Å²) in [5.74, 6) is -0.437. The maximum absolute atomic E-state index is 13.6. The van der Waals surface area contributed by atoms with Crippen LogP contribution in [0.25, 0.3) is 10.2 Å². The van der Waals surface area contributed by atoms with Gasteiger partial charge in [0, 0.05) is 18.0 Å². The van der Waals surface area contributed by atoms with Gasteiger partial charge in [0.05, 0.1) is 28.8 Å². The smallest absolute Gasteiger partial charge is 0.310 e. The van der Waals surface area contributed by atoms with E-state index >= 15 is 0 Å². The molecule has 30 heavy (non-hydrogen) atoms. The lowest BCUT2D eigenvalue weighted by Gasteiger charge is -2.32. The van der Waals surface area contributed by atoms with Crippen LogP contribution in [0.4, 0.5) is 0 Å². The molecule has 3 aromatic rings. The Morgan fingerprint density at radius 1 is 1.23 bits per heavy atom. The molecule has 1 aliphatic heterocycles. The van der Waals surface area contributed by atoms with E-state index in [-0.39, 0.29) is 23.8 Å². The summed E-state index contributed by atoms with van der Waals surface area (Å²) < 4.78 is 8.48. The van der Waals surface area contributed by atoms with E-state index in [1.165, 1.54) is 4.88 Å². The fourth-order valence-corrected chi connectivity index (χ4v) is 5.32. The first-order valence-corrected chi connectivity index (χ1v) is 11.4. The second-order valence-corrected chi connectivity index (χ2v) is 9.22. The van der Waals surface area contributed by atoms with Gasteiger partial charge in [-0.05, 0) is 51.3 Å². The largest absolute Gasteiger partial charge is 0.466 e. The van der Waals surface area contributed by atoms with Crippen LogP contribution in [-0.4, -0.2) is 41.0 Å². The van der Waals surface area contributed by atoms with Gasteiger partial charge in [-0.25, -0.2) is 0 Å². The van der Waals surface area contributed by atoms with Crippen molar-refractivity contribution in [2.75, 3.05) is 19.7 Å². The summed E-state index contributed by atoms with van der Waals surface area (Å²) in [4.78, 5) is 28.9. The van der Waals surface area contributed by atoms with Crippen LogP contribution in [0, 0.1) is 12.8 Å². The van der Waals surface area contributed by atoms with Crippen molar-refractivity contribution in [2.45, 2.75) is 39.7 Å². The third-order valence-electron chi connectivity index (χ3n) is 5.87. The summed E-state index contributed by atoms with van der Waals surface area (Å²) in [6, 6.07) is 14.5. The minimum absolute atomic E-state index is 0.00664. The molecule has 1 aromatic carbocycles. The fraction of sp³-hybridized carbons (Fsp3) is 0.417. The summed E-state index contributed by atoms with van der Waals surface area (Å²) >= 11 is 1.71. The van der Waals surface area contributed by atoms with Crippen LogP contribution in [0.2, 0.25) is 0 Å². The van der Waals surface area contributed by atoms with Crippen LogP contribution < -0.4 is 0 Å². The lowest BCUT2D eigenvalue weighted by atomic mass is 9.98. The summed E-state index contributed by atoms with van der Waals surface area (Å²) in [6.07, 6.45) is 1.59. The molecule has 158 valence electrons. The predicted molar refractivity (Wildman–Crippen MR) is 120 cm³/mol. The first-order valence-electron chi connectivity index (χ1n) is 10.6. The number of esters is 1. The number of carbonyl (C=O) groups is 2. The quantitative estimate of drug-likeness (QED) is 0.540. The Morgan fingerprint density at radius 3 is 2.73 bits per heavy atom. The molecular weight excluding hydrogens is 396 g/mol. The number of rotatable bonds is 5. The molecule has 0 aliphatic carbocycles. The summed E-state index contributed by atoms with van der Waals surface area (Å²) in [5, 5.41) is 0. The van der Waals surface area contributed by atoms with Gasteiger partial charge in [-0.2, -0.15) is 0 Å². The maximum atomic E-state index is 13.6. The predicted octanol–water partition coefficient (Wildman–Crippen LogP) is 5.04. The molecule has 5 nitrogen and oxygen atoms in total. The van der Waals surface area contributed by atoms with Crippen molar-refractivity contribution in [3.8, 4) is 0 Å². The van der Waals surface area contributed by atoms with Crippen LogP contribution in [0.15, 0.2) is 42.5 Å². The zero-order valence-corrected chi connectivity index (χ0v) is 18.6. The van der Waals surface area contributed by atoms with E-state index in [2.05, 4.69) is 36.6 Å². The molecule has 4 rings (SSSR count). The molecule has 1 saturated heterocycles. The highest BCUT2D eigenvalue weighted by Crippen LogP contribution is 2.34. The summed E-state index contributed by atoms with van der Waals surface area (Å²) in [7, 11) is 0. The van der Waals surface area contributed by atoms with E-state index in [0.717, 1.165) is 28.6 Å². The molecule has 0 spiro atoms. The van der Waals surface area contributed by atoms with Crippen LogP contribution >= 0.6 is 11.3 Å². The maximum Gasteiger partial charge on any atom is 0.310 e. The van der Waals surface area contributed by atoms with Crippen molar-refractivity contribution in [3.63, 3.8) is 0 Å². The third kappa shape index (κ3) is 3.88. The standard InChI is InChI=1S/C24H28N2O3S/c1-4-29-24(28)19-11-8-12-25(15-19)23(27)21-14-22-20(13-16(2)30-22)26(21)17(3)18-9-6-5-7-10-18/h5-7,9-10,13-14,17,19H,4,8,11-12,15H2,1-3H3/t17-,19-/m1/s1. The van der Waals surface area contributed by atoms with Crippen LogP contribution in [0.3, 0.4) is 0 Å². The number of nitrogens with zero attached hydrogens (tertiary/aromatic N) is 2. The Balaban J connectivity index is 1.69. The van der Waals surface area contributed by atoms with Gasteiger partial charge in [-0.3, -0.25) is 9.59 Å². The molecule has 0 radical (unpaired) electrons. The number of aryl methyl sites for hydroxylation is 1. The SMILES string of the molecule is CCOC(=O)[C@@H]1CCCN(C(=O)c2cc3sc(C)cc3n2[C@H](C)c2ccccc2)C1. The fourth-order valence-electron chi connectivity index (χ4n) is 4.37. The molecule has 2 atom stereocenters. The van der Waals surface area contributed by atoms with Gasteiger partial charge in [0.15, 0.2) is 0 Å². The van der Waals surface area contributed by atoms with Crippen molar-refractivity contribution < 1.29 is 14.3 Å². The number of thiophene rings is 1. The van der Waals surface area contributed by atoms with E-state index in [0.29, 0.717) is 25.4 Å². The van der Waals surface area contributed by atoms with Crippen molar-refractivity contribution in [2.24, 2.45) is 5.92 Å². The highest BCUT2D eigenvalue weighted by Gasteiger charge is 2.32. The zero-order chi connectivity index (χ0) is 21.3. The van der Waals surface area contributed by atoms with Gasteiger partial charge in [-0.1, -0.05) is 30.3 Å². The van der Waals surface area contributed by atoms with Crippen molar-refractivity contribution in [1.29, 1.82) is 0 Å². The van der Waals surface area contributed by atoms with Gasteiger partial charge in [0.25, 0.3) is 5.91 Å². The Hall–Kier alpha value is -2.60. The average Bonchev–Trinajstić information content (AvgIpc) is 3.29. The number of piperidine rings is 1. The molecule has 6 heteroatoms. The molecule has 0 N–H and O–H groups in total. The number of aromatic nitrogens is 1. The van der Waals surface area contributed by atoms with Crippen LogP contribution in [-0.2, 0) is 9.53 Å². The Labute approximate surface area is 181 Å². The van der Waals surface area contributed by atoms with Crippen molar-refractivity contribution >= 4 is 33.4 Å². The van der Waals surface area contributed by atoms with E-state index in [1.54, 1.807) is 11.3 Å². The Bertz CT molecular complexity index is 1050. The second-order valence-electron chi connectivity index (χ2n) is 7.94. The number of fused-ring (bicyclic) bond motifs is 1. The molecule has 0 unspecified atom stereocenters. The van der Waals surface area contributed by atoms with E-state index in [1.807, 2.05) is 36.1 Å². The molecule has 2 aromatic heterocycles. The first-order chi connectivity index (χ1) is 14.5. The number of likely N-dealkylation sites (tertiary alicyclic amines) is 1. The van der Waals surface area contributed by atoms with Crippen LogP contribution in [0.5, 0.6) is 0 Å². The number of hydrogen-bond acceptors (Lipinski definition) is 4. The molecular formula is C24H28N2O3S. The third-order valence-corrected chi connectivity index (χ3v) is 6.85. The summed E-state index contributed by atoms with van der Waals surface area (Å²) in [5.41, 5.74) is 2.95. The minimum Gasteiger partial charge on any atom is -0.466 e. The van der Waals surface area contributed by atoms with Gasteiger partial charge >= 0.3 is 5.97 Å². The first kappa shape index (κ1) is 20.7. The lowest BCUT2D eigenvalue weighted by molar-refractivity contribution is -0.149. The van der Waals surface area contributed by atoms with Gasteiger partial charge < -0.3 is 14.2 Å². The number of hydrogen-bond donors (Lipinski definition) is 0. The highest BCUT2D eigenvalue weighted by molar-refractivity contribution is 7.19. The molecule has 1 aliphatic rings. The van der Waals surface area contributed by atoms with Gasteiger partial charge in [0.2, 0.25) is 0 Å². The molecule has 1 fully saturated rings. The molecule has 0 bridgehead atoms. The van der Waals surface area contributed by atoms with Gasteiger partial charge in [-0.15, -0.1) is 11.3 Å². The second kappa shape index (κ2) is 8.64. The Kier molecular flexibility index (Phi) is 5.95. The van der Waals surface area contributed by atoms with Gasteiger partial charge in [0.1, 0.15) is 5.69 Å².